The van der Waals surface area contributed by atoms with Crippen LogP contribution in [0.25, 0.3) is 0 Å². The molecule has 2 nitrogen and oxygen atoms in total. The second kappa shape index (κ2) is 2.83. The molecule has 0 saturated heterocycles. The summed E-state index contributed by atoms with van der Waals surface area (Å²) < 4.78 is 12.7. The van der Waals surface area contributed by atoms with Gasteiger partial charge in [-0.3, -0.25) is 0 Å². The van der Waals surface area contributed by atoms with E-state index in [-0.39, 0.29) is 5.56 Å². The maximum absolute atomic E-state index is 12.7. The third kappa shape index (κ3) is 1.54. The van der Waals surface area contributed by atoms with Gasteiger partial charge in [-0.15, -0.1) is 0 Å². The minimum Gasteiger partial charge on any atom is -0.478 e. The third-order valence-electron chi connectivity index (χ3n) is 2.26. The van der Waals surface area contributed by atoms with E-state index in [1.807, 2.05) is 0 Å². The third-order valence-corrected chi connectivity index (χ3v) is 2.26. The zero-order valence-electron chi connectivity index (χ0n) is 6.96. The van der Waals surface area contributed by atoms with Gasteiger partial charge in [0.25, 0.3) is 0 Å². The lowest BCUT2D eigenvalue weighted by Crippen LogP contribution is -2.02. The van der Waals surface area contributed by atoms with Gasteiger partial charge in [-0.2, -0.15) is 0 Å². The molecule has 1 aromatic rings. The van der Waals surface area contributed by atoms with Gasteiger partial charge in [0.2, 0.25) is 0 Å². The van der Waals surface area contributed by atoms with Gasteiger partial charge in [-0.05, 0) is 36.5 Å². The van der Waals surface area contributed by atoms with Crippen LogP contribution in [0.3, 0.4) is 0 Å². The minimum atomic E-state index is -1.04. The van der Waals surface area contributed by atoms with Gasteiger partial charge in [0.1, 0.15) is 5.82 Å². The molecule has 1 fully saturated rings. The average molecular weight is 180 g/mol. The van der Waals surface area contributed by atoms with Crippen LogP contribution in [0.2, 0.25) is 0 Å². The summed E-state index contributed by atoms with van der Waals surface area (Å²) in [5.41, 5.74) is 0.886. The Morgan fingerprint density at radius 1 is 1.46 bits per heavy atom. The lowest BCUT2D eigenvalue weighted by molar-refractivity contribution is 0.0695. The van der Waals surface area contributed by atoms with Crippen molar-refractivity contribution < 1.29 is 14.3 Å². The Labute approximate surface area is 75.0 Å². The molecule has 68 valence electrons. The number of rotatable bonds is 2. The van der Waals surface area contributed by atoms with Gasteiger partial charge in [0.15, 0.2) is 0 Å². The predicted octanol–water partition coefficient (Wildman–Crippen LogP) is 2.40. The molecule has 0 bridgehead atoms. The molecule has 13 heavy (non-hydrogen) atoms. The highest BCUT2D eigenvalue weighted by Crippen LogP contribution is 2.41. The van der Waals surface area contributed by atoms with Gasteiger partial charge in [0.05, 0.1) is 5.56 Å². The molecule has 3 heteroatoms. The molecular weight excluding hydrogens is 171 g/mol. The van der Waals surface area contributed by atoms with Crippen LogP contribution in [0, 0.1) is 5.82 Å². The summed E-state index contributed by atoms with van der Waals surface area (Å²) in [4.78, 5) is 10.7. The van der Waals surface area contributed by atoms with Crippen molar-refractivity contribution in [3.05, 3.63) is 35.1 Å². The number of carboxylic acid groups (broad SMARTS) is 1. The molecule has 0 amide bonds. The first-order valence-electron chi connectivity index (χ1n) is 4.21. The average Bonchev–Trinajstić information content (AvgIpc) is 2.87. The van der Waals surface area contributed by atoms with Gasteiger partial charge in [0, 0.05) is 0 Å². The number of halogens is 1. The summed E-state index contributed by atoms with van der Waals surface area (Å²) in [5, 5.41) is 8.80. The molecule has 0 radical (unpaired) electrons. The second-order valence-corrected chi connectivity index (χ2v) is 3.31. The Bertz CT molecular complexity index is 356. The van der Waals surface area contributed by atoms with Crippen LogP contribution < -0.4 is 0 Å². The highest BCUT2D eigenvalue weighted by atomic mass is 19.1. The van der Waals surface area contributed by atoms with E-state index in [0.717, 1.165) is 24.5 Å². The molecule has 0 aromatic heterocycles. The van der Waals surface area contributed by atoms with E-state index in [1.165, 1.54) is 6.07 Å². The fraction of sp³-hybridized carbons (Fsp3) is 0.300. The largest absolute Gasteiger partial charge is 0.478 e. The zero-order valence-corrected chi connectivity index (χ0v) is 6.96. The van der Waals surface area contributed by atoms with Gasteiger partial charge < -0.3 is 5.11 Å². The molecule has 1 saturated carbocycles. The van der Waals surface area contributed by atoms with E-state index < -0.39 is 11.8 Å². The Morgan fingerprint density at radius 2 is 2.15 bits per heavy atom. The number of carboxylic acids is 1. The number of carbonyl (C=O) groups is 1. The molecule has 1 aliphatic rings. The van der Waals surface area contributed by atoms with Crippen molar-refractivity contribution in [3.63, 3.8) is 0 Å². The quantitative estimate of drug-likeness (QED) is 0.758. The molecule has 1 aliphatic carbocycles. The van der Waals surface area contributed by atoms with E-state index in [4.69, 9.17) is 5.11 Å². The van der Waals surface area contributed by atoms with Crippen LogP contribution in [0.15, 0.2) is 18.2 Å². The van der Waals surface area contributed by atoms with Crippen molar-refractivity contribution in [3.8, 4) is 0 Å². The molecule has 2 rings (SSSR count). The lowest BCUT2D eigenvalue weighted by Gasteiger charge is -2.03. The Kier molecular flexibility index (Phi) is 1.79. The summed E-state index contributed by atoms with van der Waals surface area (Å²) in [7, 11) is 0. The maximum atomic E-state index is 12.7. The lowest BCUT2D eigenvalue weighted by atomic mass is 10.0. The molecule has 1 aromatic carbocycles. The molecular formula is C10H9FO2. The Hall–Kier alpha value is -1.38. The van der Waals surface area contributed by atoms with Gasteiger partial charge in [-0.1, -0.05) is 6.07 Å². The smallest absolute Gasteiger partial charge is 0.336 e. The van der Waals surface area contributed by atoms with Gasteiger partial charge >= 0.3 is 5.97 Å². The second-order valence-electron chi connectivity index (χ2n) is 3.31. The first kappa shape index (κ1) is 8.23. The number of aromatic carboxylic acids is 1. The molecule has 0 atom stereocenters. The van der Waals surface area contributed by atoms with Gasteiger partial charge in [-0.25, -0.2) is 9.18 Å². The minimum absolute atomic E-state index is 0.113. The van der Waals surface area contributed by atoms with Crippen LogP contribution in [-0.2, 0) is 0 Å². The first-order chi connectivity index (χ1) is 6.18. The summed E-state index contributed by atoms with van der Waals surface area (Å²) in [6.45, 7) is 0. The summed E-state index contributed by atoms with van der Waals surface area (Å²) in [6.07, 6.45) is 2.04. The van der Waals surface area contributed by atoms with Crippen LogP contribution in [0.4, 0.5) is 4.39 Å². The van der Waals surface area contributed by atoms with Crippen molar-refractivity contribution >= 4 is 5.97 Å². The molecule has 0 spiro atoms. The Balaban J connectivity index is 2.47. The normalized spacial score (nSPS) is 15.8. The molecule has 0 heterocycles. The Morgan fingerprint density at radius 3 is 2.69 bits per heavy atom. The molecule has 0 unspecified atom stereocenters. The predicted molar refractivity (Wildman–Crippen MR) is 45.3 cm³/mol. The fourth-order valence-electron chi connectivity index (χ4n) is 1.46. The van der Waals surface area contributed by atoms with Crippen molar-refractivity contribution in [1.29, 1.82) is 0 Å². The topological polar surface area (TPSA) is 37.3 Å². The van der Waals surface area contributed by atoms with Crippen LogP contribution in [-0.4, -0.2) is 11.1 Å². The van der Waals surface area contributed by atoms with Crippen molar-refractivity contribution in [2.75, 3.05) is 0 Å². The summed E-state index contributed by atoms with van der Waals surface area (Å²) in [5.74, 6) is -1.19. The van der Waals surface area contributed by atoms with Crippen molar-refractivity contribution in [2.24, 2.45) is 0 Å². The van der Waals surface area contributed by atoms with E-state index >= 15 is 0 Å². The fourth-order valence-corrected chi connectivity index (χ4v) is 1.46. The van der Waals surface area contributed by atoms with Crippen LogP contribution >= 0.6 is 0 Å². The monoisotopic (exact) mass is 180 g/mol. The number of benzene rings is 1. The van der Waals surface area contributed by atoms with Crippen LogP contribution in [0.5, 0.6) is 0 Å². The SMILES string of the molecule is O=C(O)c1cc(F)ccc1C1CC1. The highest BCUT2D eigenvalue weighted by Gasteiger charge is 2.27. The van der Waals surface area contributed by atoms with E-state index in [0.29, 0.717) is 5.92 Å². The molecule has 0 aliphatic heterocycles. The van der Waals surface area contributed by atoms with Crippen molar-refractivity contribution in [2.45, 2.75) is 18.8 Å². The molecule has 1 N–H and O–H groups in total. The van der Waals surface area contributed by atoms with Crippen molar-refractivity contribution in [1.82, 2.24) is 0 Å². The standard InChI is InChI=1S/C10H9FO2/c11-7-3-4-8(6-1-2-6)9(5-7)10(12)13/h3-6H,1-2H2,(H,12,13). The van der Waals surface area contributed by atoms with E-state index in [1.54, 1.807) is 6.07 Å². The number of hydrogen-bond donors (Lipinski definition) is 1. The summed E-state index contributed by atoms with van der Waals surface area (Å²) >= 11 is 0. The van der Waals surface area contributed by atoms with E-state index in [2.05, 4.69) is 0 Å². The van der Waals surface area contributed by atoms with E-state index in [9.17, 15) is 9.18 Å². The summed E-state index contributed by atoms with van der Waals surface area (Å²) in [6, 6.07) is 3.99. The highest BCUT2D eigenvalue weighted by molar-refractivity contribution is 5.89. The first-order valence-corrected chi connectivity index (χ1v) is 4.21. The van der Waals surface area contributed by atoms with Crippen LogP contribution in [0.1, 0.15) is 34.7 Å². The zero-order chi connectivity index (χ0) is 9.42. The maximum Gasteiger partial charge on any atom is 0.336 e. The number of hydrogen-bond acceptors (Lipinski definition) is 1.